The number of aliphatic imine (C=N–C) groups is 1. The molecule has 0 aliphatic carbocycles. The number of ether oxygens (including phenoxy) is 1. The van der Waals surface area contributed by atoms with Crippen molar-refractivity contribution in [1.29, 1.82) is 0 Å². The summed E-state index contributed by atoms with van der Waals surface area (Å²) in [7, 11) is 3.60. The van der Waals surface area contributed by atoms with Gasteiger partial charge in [-0.05, 0) is 42.3 Å². The summed E-state index contributed by atoms with van der Waals surface area (Å²) in [6, 6.07) is 14.1. The maximum atomic E-state index is 13.4. The van der Waals surface area contributed by atoms with Crippen LogP contribution in [0.15, 0.2) is 53.5 Å². The summed E-state index contributed by atoms with van der Waals surface area (Å²) in [5.41, 5.74) is 1.86. The smallest absolute Gasteiger partial charge is 0.257 e. The molecule has 0 spiro atoms. The number of nitrogens with zero attached hydrogens (tertiary/aromatic N) is 2. The van der Waals surface area contributed by atoms with Crippen molar-refractivity contribution in [3.8, 4) is 5.75 Å². The van der Waals surface area contributed by atoms with Gasteiger partial charge < -0.3 is 20.3 Å². The van der Waals surface area contributed by atoms with E-state index in [1.165, 1.54) is 12.1 Å². The van der Waals surface area contributed by atoms with E-state index in [0.717, 1.165) is 11.1 Å². The number of rotatable bonds is 8. The first-order chi connectivity index (χ1) is 13.5. The maximum absolute atomic E-state index is 13.4. The quantitative estimate of drug-likeness (QED) is 0.541. The van der Waals surface area contributed by atoms with Crippen molar-refractivity contribution in [2.75, 3.05) is 27.2 Å². The molecule has 0 aromatic heterocycles. The minimum absolute atomic E-state index is 0.0111. The molecule has 2 rings (SSSR count). The van der Waals surface area contributed by atoms with Crippen molar-refractivity contribution in [3.05, 3.63) is 65.5 Å². The summed E-state index contributed by atoms with van der Waals surface area (Å²) in [6.45, 7) is 3.51. The van der Waals surface area contributed by atoms with Crippen LogP contribution < -0.4 is 15.4 Å². The molecule has 0 heterocycles. The van der Waals surface area contributed by atoms with Crippen molar-refractivity contribution in [3.63, 3.8) is 0 Å². The summed E-state index contributed by atoms with van der Waals surface area (Å²) in [5.74, 6) is 0.926. The zero-order chi connectivity index (χ0) is 20.4. The van der Waals surface area contributed by atoms with Gasteiger partial charge >= 0.3 is 0 Å². The van der Waals surface area contributed by atoms with Crippen molar-refractivity contribution in [2.45, 2.75) is 20.0 Å². The second kappa shape index (κ2) is 10.9. The standard InChI is InChI=1S/C21H27FN4O2/c1-4-24-20(27)15-28-19-10-6-7-16(12-19)13-25-21(23-2)26(3)14-17-8-5-9-18(22)11-17/h5-12H,4,13-15H2,1-3H3,(H,23,25)(H,24,27). The van der Waals surface area contributed by atoms with Gasteiger partial charge in [0.1, 0.15) is 11.6 Å². The molecular formula is C21H27FN4O2. The van der Waals surface area contributed by atoms with E-state index in [2.05, 4.69) is 15.6 Å². The number of hydrogen-bond acceptors (Lipinski definition) is 3. The predicted molar refractivity (Wildman–Crippen MR) is 109 cm³/mol. The van der Waals surface area contributed by atoms with Crippen molar-refractivity contribution in [2.24, 2.45) is 4.99 Å². The molecule has 0 fully saturated rings. The zero-order valence-corrected chi connectivity index (χ0v) is 16.5. The number of halogens is 1. The molecule has 0 aliphatic heterocycles. The van der Waals surface area contributed by atoms with Crippen LogP contribution >= 0.6 is 0 Å². The Hall–Kier alpha value is -3.09. The summed E-state index contributed by atoms with van der Waals surface area (Å²) in [5, 5.41) is 5.97. The van der Waals surface area contributed by atoms with Gasteiger partial charge in [-0.25, -0.2) is 4.39 Å². The Balaban J connectivity index is 1.90. The Morgan fingerprint density at radius 2 is 1.89 bits per heavy atom. The second-order valence-corrected chi connectivity index (χ2v) is 6.28. The topological polar surface area (TPSA) is 66.0 Å². The first-order valence-electron chi connectivity index (χ1n) is 9.16. The number of hydrogen-bond donors (Lipinski definition) is 2. The van der Waals surface area contributed by atoms with Gasteiger partial charge in [-0.15, -0.1) is 0 Å². The minimum Gasteiger partial charge on any atom is -0.484 e. The molecule has 1 amide bonds. The highest BCUT2D eigenvalue weighted by atomic mass is 19.1. The van der Waals surface area contributed by atoms with E-state index >= 15 is 0 Å². The van der Waals surface area contributed by atoms with Gasteiger partial charge in [0.25, 0.3) is 5.91 Å². The lowest BCUT2D eigenvalue weighted by atomic mass is 10.2. The van der Waals surface area contributed by atoms with Crippen LogP contribution in [0.1, 0.15) is 18.1 Å². The number of nitrogens with one attached hydrogen (secondary N) is 2. The van der Waals surface area contributed by atoms with Crippen LogP contribution in [0.4, 0.5) is 4.39 Å². The van der Waals surface area contributed by atoms with E-state index in [9.17, 15) is 9.18 Å². The Bertz CT molecular complexity index is 810. The van der Waals surface area contributed by atoms with Crippen LogP contribution in [0.25, 0.3) is 0 Å². The van der Waals surface area contributed by atoms with E-state index in [4.69, 9.17) is 4.74 Å². The molecule has 150 valence electrons. The van der Waals surface area contributed by atoms with Gasteiger partial charge in [-0.1, -0.05) is 24.3 Å². The van der Waals surface area contributed by atoms with Crippen molar-refractivity contribution < 1.29 is 13.9 Å². The molecule has 0 saturated carbocycles. The lowest BCUT2D eigenvalue weighted by Gasteiger charge is -2.22. The zero-order valence-electron chi connectivity index (χ0n) is 16.5. The Kier molecular flexibility index (Phi) is 8.27. The van der Waals surface area contributed by atoms with Crippen LogP contribution in [0, 0.1) is 5.82 Å². The first-order valence-corrected chi connectivity index (χ1v) is 9.16. The third kappa shape index (κ3) is 6.90. The molecule has 0 saturated heterocycles. The van der Waals surface area contributed by atoms with Gasteiger partial charge in [-0.2, -0.15) is 0 Å². The highest BCUT2D eigenvalue weighted by Crippen LogP contribution is 2.13. The first kappa shape index (κ1) is 21.2. The molecule has 7 heteroatoms. The average Bonchev–Trinajstić information content (AvgIpc) is 2.67. The normalized spacial score (nSPS) is 11.1. The SMILES string of the molecule is CCNC(=O)COc1cccc(CNC(=NC)N(C)Cc2cccc(F)c2)c1. The number of likely N-dealkylation sites (N-methyl/N-ethyl adjacent to an activating group) is 1. The average molecular weight is 386 g/mol. The minimum atomic E-state index is -0.252. The summed E-state index contributed by atoms with van der Waals surface area (Å²) in [4.78, 5) is 17.7. The maximum Gasteiger partial charge on any atom is 0.257 e. The third-order valence-corrected chi connectivity index (χ3v) is 3.98. The van der Waals surface area contributed by atoms with Crippen LogP contribution in [0.5, 0.6) is 5.75 Å². The fraction of sp³-hybridized carbons (Fsp3) is 0.333. The lowest BCUT2D eigenvalue weighted by molar-refractivity contribution is -0.122. The van der Waals surface area contributed by atoms with Crippen LogP contribution in [-0.4, -0.2) is 44.0 Å². The number of carbonyl (C=O) groups is 1. The van der Waals surface area contributed by atoms with Crippen LogP contribution in [0.2, 0.25) is 0 Å². The lowest BCUT2D eigenvalue weighted by Crippen LogP contribution is -2.38. The van der Waals surface area contributed by atoms with E-state index in [-0.39, 0.29) is 18.3 Å². The Morgan fingerprint density at radius 3 is 2.61 bits per heavy atom. The molecule has 0 aliphatic rings. The number of guanidine groups is 1. The Labute approximate surface area is 165 Å². The van der Waals surface area contributed by atoms with E-state index in [0.29, 0.717) is 31.3 Å². The van der Waals surface area contributed by atoms with E-state index in [1.54, 1.807) is 13.1 Å². The van der Waals surface area contributed by atoms with Crippen molar-refractivity contribution >= 4 is 11.9 Å². The summed E-state index contributed by atoms with van der Waals surface area (Å²) >= 11 is 0. The summed E-state index contributed by atoms with van der Waals surface area (Å²) < 4.78 is 18.9. The molecule has 0 radical (unpaired) electrons. The molecule has 2 aromatic carbocycles. The van der Waals surface area contributed by atoms with Crippen LogP contribution in [0.3, 0.4) is 0 Å². The summed E-state index contributed by atoms with van der Waals surface area (Å²) in [6.07, 6.45) is 0. The monoisotopic (exact) mass is 386 g/mol. The van der Waals surface area contributed by atoms with Gasteiger partial charge in [0, 0.05) is 33.7 Å². The number of benzene rings is 2. The molecule has 0 atom stereocenters. The number of amides is 1. The van der Waals surface area contributed by atoms with Gasteiger partial charge in [0.2, 0.25) is 0 Å². The fourth-order valence-corrected chi connectivity index (χ4v) is 2.69. The van der Waals surface area contributed by atoms with Crippen molar-refractivity contribution in [1.82, 2.24) is 15.5 Å². The molecule has 2 aromatic rings. The second-order valence-electron chi connectivity index (χ2n) is 6.28. The fourth-order valence-electron chi connectivity index (χ4n) is 2.69. The Morgan fingerprint density at radius 1 is 1.14 bits per heavy atom. The molecule has 0 bridgehead atoms. The van der Waals surface area contributed by atoms with Gasteiger partial charge in [-0.3, -0.25) is 9.79 Å². The van der Waals surface area contributed by atoms with Crippen LogP contribution in [-0.2, 0) is 17.9 Å². The molecule has 0 unspecified atom stereocenters. The molecule has 2 N–H and O–H groups in total. The van der Waals surface area contributed by atoms with Gasteiger partial charge in [0.05, 0.1) is 0 Å². The van der Waals surface area contributed by atoms with E-state index in [1.807, 2.05) is 49.2 Å². The highest BCUT2D eigenvalue weighted by Gasteiger charge is 2.08. The van der Waals surface area contributed by atoms with E-state index < -0.39 is 0 Å². The molecule has 6 nitrogen and oxygen atoms in total. The van der Waals surface area contributed by atoms with Gasteiger partial charge in [0.15, 0.2) is 12.6 Å². The number of carbonyl (C=O) groups excluding carboxylic acids is 1. The third-order valence-electron chi connectivity index (χ3n) is 3.98. The largest absolute Gasteiger partial charge is 0.484 e. The molecular weight excluding hydrogens is 359 g/mol. The molecule has 28 heavy (non-hydrogen) atoms. The highest BCUT2D eigenvalue weighted by molar-refractivity contribution is 5.79. The predicted octanol–water partition coefficient (Wildman–Crippen LogP) is 2.55.